The monoisotopic (exact) mass is 316 g/mol. The van der Waals surface area contributed by atoms with Crippen LogP contribution < -0.4 is 10.5 Å². The van der Waals surface area contributed by atoms with E-state index in [2.05, 4.69) is 9.46 Å². The molecule has 0 aliphatic heterocycles. The predicted molar refractivity (Wildman–Crippen MR) is 78.9 cm³/mol. The maximum absolute atomic E-state index is 12.1. The van der Waals surface area contributed by atoms with Crippen LogP contribution in [0.2, 0.25) is 0 Å². The lowest BCUT2D eigenvalue weighted by Crippen LogP contribution is -2.27. The number of carbonyl (C=O) groups excluding carboxylic acids is 1. The van der Waals surface area contributed by atoms with Gasteiger partial charge < -0.3 is 10.5 Å². The van der Waals surface area contributed by atoms with Gasteiger partial charge in [0.1, 0.15) is 4.99 Å². The number of nitrogens with two attached hydrogens (primary N) is 1. The quantitative estimate of drug-likeness (QED) is 0.585. The van der Waals surface area contributed by atoms with Crippen molar-refractivity contribution in [2.24, 2.45) is 5.73 Å². The van der Waals surface area contributed by atoms with Gasteiger partial charge in [0, 0.05) is 12.1 Å². The highest BCUT2D eigenvalue weighted by molar-refractivity contribution is 7.89. The van der Waals surface area contributed by atoms with Crippen molar-refractivity contribution in [1.82, 2.24) is 4.72 Å². The van der Waals surface area contributed by atoms with Gasteiger partial charge in [-0.3, -0.25) is 4.79 Å². The molecule has 6 nitrogen and oxygen atoms in total. The average molecular weight is 316 g/mol. The third kappa shape index (κ3) is 4.26. The van der Waals surface area contributed by atoms with Gasteiger partial charge in [-0.05, 0) is 24.6 Å². The minimum atomic E-state index is -3.68. The molecule has 0 atom stereocenters. The van der Waals surface area contributed by atoms with E-state index in [1.165, 1.54) is 13.2 Å². The normalized spacial score (nSPS) is 11.1. The minimum Gasteiger partial charge on any atom is -0.469 e. The molecule has 0 saturated heterocycles. The average Bonchev–Trinajstić information content (AvgIpc) is 2.37. The van der Waals surface area contributed by atoms with Crippen LogP contribution in [0.25, 0.3) is 0 Å². The van der Waals surface area contributed by atoms with E-state index in [9.17, 15) is 13.2 Å². The number of hydrogen-bond acceptors (Lipinski definition) is 5. The lowest BCUT2D eigenvalue weighted by Gasteiger charge is -2.10. The molecule has 0 unspecified atom stereocenters. The predicted octanol–water partition coefficient (Wildman–Crippen LogP) is 0.471. The van der Waals surface area contributed by atoms with Crippen LogP contribution in [0.5, 0.6) is 0 Å². The third-order valence-corrected chi connectivity index (χ3v) is 4.45. The molecule has 0 aliphatic rings. The summed E-state index contributed by atoms with van der Waals surface area (Å²) in [6.07, 6.45) is -0.0280. The highest BCUT2D eigenvalue weighted by atomic mass is 32.2. The zero-order valence-electron chi connectivity index (χ0n) is 11.2. The molecule has 0 spiro atoms. The SMILES string of the molecule is COC(=O)CCNS(=O)(=O)c1ccc(C(N)=S)cc1C. The van der Waals surface area contributed by atoms with Gasteiger partial charge in [0.2, 0.25) is 10.0 Å². The topological polar surface area (TPSA) is 98.5 Å². The first kappa shape index (κ1) is 16.5. The molecule has 0 aliphatic carbocycles. The molecule has 1 rings (SSSR count). The van der Waals surface area contributed by atoms with E-state index in [4.69, 9.17) is 18.0 Å². The Labute approximate surface area is 123 Å². The Balaban J connectivity index is 2.87. The van der Waals surface area contributed by atoms with Crippen LogP contribution in [-0.4, -0.2) is 33.0 Å². The maximum Gasteiger partial charge on any atom is 0.306 e. The minimum absolute atomic E-state index is 0.0223. The number of sulfonamides is 1. The van der Waals surface area contributed by atoms with Gasteiger partial charge in [0.25, 0.3) is 0 Å². The highest BCUT2D eigenvalue weighted by Gasteiger charge is 2.17. The van der Waals surface area contributed by atoms with Crippen molar-refractivity contribution in [3.8, 4) is 0 Å². The van der Waals surface area contributed by atoms with E-state index in [1.807, 2.05) is 0 Å². The summed E-state index contributed by atoms with van der Waals surface area (Å²) < 4.78 is 30.9. The number of methoxy groups -OCH3 is 1. The van der Waals surface area contributed by atoms with Gasteiger partial charge in [-0.25, -0.2) is 13.1 Å². The van der Waals surface area contributed by atoms with Gasteiger partial charge in [-0.2, -0.15) is 0 Å². The highest BCUT2D eigenvalue weighted by Crippen LogP contribution is 2.16. The van der Waals surface area contributed by atoms with Crippen molar-refractivity contribution < 1.29 is 17.9 Å². The number of ether oxygens (including phenoxy) is 1. The van der Waals surface area contributed by atoms with E-state index in [-0.39, 0.29) is 22.8 Å². The van der Waals surface area contributed by atoms with Crippen LogP contribution in [0.3, 0.4) is 0 Å². The number of rotatable bonds is 6. The second-order valence-electron chi connectivity index (χ2n) is 4.07. The summed E-state index contributed by atoms with van der Waals surface area (Å²) >= 11 is 4.83. The fourth-order valence-corrected chi connectivity index (χ4v) is 2.95. The van der Waals surface area contributed by atoms with E-state index in [0.717, 1.165) is 0 Å². The Morgan fingerprint density at radius 1 is 1.45 bits per heavy atom. The van der Waals surface area contributed by atoms with E-state index in [0.29, 0.717) is 11.1 Å². The van der Waals surface area contributed by atoms with E-state index < -0.39 is 16.0 Å². The van der Waals surface area contributed by atoms with Crippen LogP contribution in [-0.2, 0) is 19.6 Å². The number of carbonyl (C=O) groups is 1. The molecule has 0 bridgehead atoms. The number of esters is 1. The fourth-order valence-electron chi connectivity index (χ4n) is 1.57. The molecule has 3 N–H and O–H groups in total. The van der Waals surface area contributed by atoms with Gasteiger partial charge in [0.05, 0.1) is 18.4 Å². The lowest BCUT2D eigenvalue weighted by atomic mass is 10.1. The molecule has 0 saturated carbocycles. The summed E-state index contributed by atoms with van der Waals surface area (Å²) in [4.78, 5) is 11.3. The molecule has 1 aromatic carbocycles. The summed E-state index contributed by atoms with van der Waals surface area (Å²) in [6, 6.07) is 4.59. The van der Waals surface area contributed by atoms with Gasteiger partial charge in [-0.15, -0.1) is 0 Å². The summed E-state index contributed by atoms with van der Waals surface area (Å²) in [5.74, 6) is -0.478. The molecule has 20 heavy (non-hydrogen) atoms. The summed E-state index contributed by atoms with van der Waals surface area (Å²) in [5, 5.41) is 0. The first-order valence-corrected chi connectivity index (χ1v) is 7.64. The van der Waals surface area contributed by atoms with Crippen LogP contribution in [0.15, 0.2) is 23.1 Å². The zero-order valence-corrected chi connectivity index (χ0v) is 12.8. The Morgan fingerprint density at radius 3 is 2.60 bits per heavy atom. The van der Waals surface area contributed by atoms with Gasteiger partial charge >= 0.3 is 5.97 Å². The smallest absolute Gasteiger partial charge is 0.306 e. The second-order valence-corrected chi connectivity index (χ2v) is 6.24. The van der Waals surface area contributed by atoms with Gasteiger partial charge in [-0.1, -0.05) is 18.3 Å². The molecule has 0 fully saturated rings. The van der Waals surface area contributed by atoms with Crippen LogP contribution in [0, 0.1) is 6.92 Å². The molecule has 0 heterocycles. The van der Waals surface area contributed by atoms with E-state index >= 15 is 0 Å². The lowest BCUT2D eigenvalue weighted by molar-refractivity contribution is -0.140. The number of thiocarbonyl (C=S) groups is 1. The van der Waals surface area contributed by atoms with Crippen molar-refractivity contribution in [2.45, 2.75) is 18.2 Å². The van der Waals surface area contributed by atoms with Crippen LogP contribution in [0.1, 0.15) is 17.5 Å². The summed E-state index contributed by atoms with van der Waals surface area (Å²) in [7, 11) is -2.43. The Morgan fingerprint density at radius 2 is 2.10 bits per heavy atom. The maximum atomic E-state index is 12.1. The third-order valence-electron chi connectivity index (χ3n) is 2.60. The fraction of sp³-hybridized carbons (Fsp3) is 0.333. The van der Waals surface area contributed by atoms with Crippen molar-refractivity contribution in [2.75, 3.05) is 13.7 Å². The molecular weight excluding hydrogens is 300 g/mol. The largest absolute Gasteiger partial charge is 0.469 e. The van der Waals surface area contributed by atoms with Crippen molar-refractivity contribution in [3.63, 3.8) is 0 Å². The molecule has 8 heteroatoms. The van der Waals surface area contributed by atoms with Gasteiger partial charge in [0.15, 0.2) is 0 Å². The number of hydrogen-bond donors (Lipinski definition) is 2. The summed E-state index contributed by atoms with van der Waals surface area (Å²) in [5.41, 5.74) is 6.62. The molecule has 0 radical (unpaired) electrons. The Hall–Kier alpha value is -1.51. The standard InChI is InChI=1S/C12H16N2O4S2/c1-8-7-9(12(13)19)3-4-10(8)20(16,17)14-6-5-11(15)18-2/h3-4,7,14H,5-6H2,1-2H3,(H2,13,19). The first-order chi connectivity index (χ1) is 9.27. The van der Waals surface area contributed by atoms with Crippen LogP contribution in [0.4, 0.5) is 0 Å². The summed E-state index contributed by atoms with van der Waals surface area (Å²) in [6.45, 7) is 1.63. The molecule has 110 valence electrons. The van der Waals surface area contributed by atoms with Crippen molar-refractivity contribution >= 4 is 33.2 Å². The number of aryl methyl sites for hydroxylation is 1. The van der Waals surface area contributed by atoms with Crippen LogP contribution >= 0.6 is 12.2 Å². The number of nitrogens with one attached hydrogen (secondary N) is 1. The Bertz CT molecular complexity index is 626. The zero-order chi connectivity index (χ0) is 15.3. The van der Waals surface area contributed by atoms with E-state index in [1.54, 1.807) is 19.1 Å². The Kier molecular flexibility index (Phi) is 5.61. The van der Waals surface area contributed by atoms with Crippen molar-refractivity contribution in [1.29, 1.82) is 0 Å². The second kappa shape index (κ2) is 6.78. The molecular formula is C12H16N2O4S2. The molecule has 0 amide bonds. The van der Waals surface area contributed by atoms with Crippen molar-refractivity contribution in [3.05, 3.63) is 29.3 Å². The first-order valence-electron chi connectivity index (χ1n) is 5.75. The molecule has 1 aromatic rings. The molecule has 0 aromatic heterocycles. The number of benzene rings is 1.